The molecule has 0 radical (unpaired) electrons. The number of rotatable bonds is 6. The van der Waals surface area contributed by atoms with Gasteiger partial charge in [0.2, 0.25) is 0 Å². The molecule has 3 aromatic rings. The molecule has 6 nitrogen and oxygen atoms in total. The lowest BCUT2D eigenvalue weighted by Gasteiger charge is -2.09. The van der Waals surface area contributed by atoms with E-state index in [-0.39, 0.29) is 5.91 Å². The van der Waals surface area contributed by atoms with Crippen LogP contribution in [0.25, 0.3) is 11.0 Å². The Hall–Kier alpha value is -3.02. The Morgan fingerprint density at radius 3 is 2.92 bits per heavy atom. The molecule has 25 heavy (non-hydrogen) atoms. The van der Waals surface area contributed by atoms with E-state index in [0.717, 1.165) is 22.3 Å². The number of carbonyl (C=O) groups excluding carboxylic acids is 1. The maximum Gasteiger partial charge on any atom is 0.251 e. The minimum Gasteiger partial charge on any atom is -0.489 e. The number of ether oxygens (including phenoxy) is 1. The molecule has 130 valence electrons. The Labute approximate surface area is 146 Å². The van der Waals surface area contributed by atoms with Crippen LogP contribution in [0, 0.1) is 13.8 Å². The number of nitrogens with zero attached hydrogens (tertiary/aromatic N) is 2. The highest BCUT2D eigenvalue weighted by atomic mass is 16.5. The summed E-state index contributed by atoms with van der Waals surface area (Å²) in [7, 11) is 1.89. The summed E-state index contributed by atoms with van der Waals surface area (Å²) < 4.78 is 12.9. The molecule has 0 atom stereocenters. The van der Waals surface area contributed by atoms with Gasteiger partial charge in [-0.25, -0.2) is 0 Å². The molecule has 0 aliphatic carbocycles. The molecule has 0 aliphatic heterocycles. The molecular weight excluding hydrogens is 318 g/mol. The highest BCUT2D eigenvalue weighted by Gasteiger charge is 2.15. The van der Waals surface area contributed by atoms with Gasteiger partial charge in [0.25, 0.3) is 5.91 Å². The van der Waals surface area contributed by atoms with E-state index in [0.29, 0.717) is 30.0 Å². The van der Waals surface area contributed by atoms with E-state index >= 15 is 0 Å². The summed E-state index contributed by atoms with van der Waals surface area (Å²) in [6.45, 7) is 8.35. The van der Waals surface area contributed by atoms with Gasteiger partial charge in [0.15, 0.2) is 0 Å². The van der Waals surface area contributed by atoms with Gasteiger partial charge in [-0.05, 0) is 32.0 Å². The van der Waals surface area contributed by atoms with Crippen molar-refractivity contribution < 1.29 is 13.9 Å². The molecule has 0 bridgehead atoms. The molecule has 3 rings (SSSR count). The molecule has 1 aromatic carbocycles. The molecule has 0 fully saturated rings. The third-order valence-electron chi connectivity index (χ3n) is 4.24. The molecule has 6 heteroatoms. The van der Waals surface area contributed by atoms with Crippen molar-refractivity contribution in [2.24, 2.45) is 7.05 Å². The summed E-state index contributed by atoms with van der Waals surface area (Å²) in [5.74, 6) is 0.412. The van der Waals surface area contributed by atoms with Gasteiger partial charge >= 0.3 is 0 Å². The third-order valence-corrected chi connectivity index (χ3v) is 4.24. The minimum atomic E-state index is -0.190. The summed E-state index contributed by atoms with van der Waals surface area (Å²) in [5.41, 5.74) is 4.07. The van der Waals surface area contributed by atoms with Gasteiger partial charge in [-0.3, -0.25) is 9.48 Å². The lowest BCUT2D eigenvalue weighted by molar-refractivity contribution is 0.0950. The molecule has 0 saturated carbocycles. The number of fused-ring (bicyclic) bond motifs is 1. The molecule has 1 N–H and O–H groups in total. The van der Waals surface area contributed by atoms with Gasteiger partial charge in [0.05, 0.1) is 17.3 Å². The number of nitrogens with one attached hydrogen (secondary N) is 1. The summed E-state index contributed by atoms with van der Waals surface area (Å²) in [5, 5.41) is 8.14. The van der Waals surface area contributed by atoms with Crippen molar-refractivity contribution in [1.82, 2.24) is 15.1 Å². The normalized spacial score (nSPS) is 10.8. The van der Waals surface area contributed by atoms with Crippen molar-refractivity contribution in [3.63, 3.8) is 0 Å². The molecule has 0 spiro atoms. The summed E-state index contributed by atoms with van der Waals surface area (Å²) >= 11 is 0. The maximum absolute atomic E-state index is 12.6. The first-order valence-electron chi connectivity index (χ1n) is 8.03. The number of furan rings is 1. The largest absolute Gasteiger partial charge is 0.489 e. The van der Waals surface area contributed by atoms with E-state index in [2.05, 4.69) is 17.0 Å². The molecule has 1 amide bonds. The Balaban J connectivity index is 1.83. The first kappa shape index (κ1) is 16.8. The van der Waals surface area contributed by atoms with Gasteiger partial charge in [0, 0.05) is 30.4 Å². The quantitative estimate of drug-likeness (QED) is 0.700. The number of amides is 1. The number of hydrogen-bond donors (Lipinski definition) is 1. The first-order valence-corrected chi connectivity index (χ1v) is 8.03. The second-order valence-electron chi connectivity index (χ2n) is 5.86. The van der Waals surface area contributed by atoms with Crippen LogP contribution in [0.4, 0.5) is 0 Å². The molecule has 0 saturated heterocycles. The standard InChI is InChI=1S/C19H21N3O3/c1-5-7-24-17-9-14(10-18-15(17)6-8-25-18)19(23)20-11-16-12(2)21-22(4)13(16)3/h5-6,8-10H,1,7,11H2,2-4H3,(H,20,23). The van der Waals surface area contributed by atoms with Crippen molar-refractivity contribution in [2.75, 3.05) is 6.61 Å². The number of aryl methyl sites for hydroxylation is 2. The zero-order valence-electron chi connectivity index (χ0n) is 14.6. The van der Waals surface area contributed by atoms with Crippen molar-refractivity contribution in [3.8, 4) is 5.75 Å². The Bertz CT molecular complexity index is 937. The van der Waals surface area contributed by atoms with E-state index in [4.69, 9.17) is 9.15 Å². The average Bonchev–Trinajstić information content (AvgIpc) is 3.16. The Kier molecular flexibility index (Phi) is 4.61. The summed E-state index contributed by atoms with van der Waals surface area (Å²) in [6.07, 6.45) is 3.24. The van der Waals surface area contributed by atoms with E-state index in [1.165, 1.54) is 0 Å². The van der Waals surface area contributed by atoms with Gasteiger partial charge in [0.1, 0.15) is 17.9 Å². The van der Waals surface area contributed by atoms with Crippen LogP contribution >= 0.6 is 0 Å². The second kappa shape index (κ2) is 6.84. The SMILES string of the molecule is C=CCOc1cc(C(=O)NCc2c(C)nn(C)c2C)cc2occc12. The third kappa shape index (κ3) is 3.28. The van der Waals surface area contributed by atoms with Crippen LogP contribution in [-0.4, -0.2) is 22.3 Å². The van der Waals surface area contributed by atoms with Crippen LogP contribution < -0.4 is 10.1 Å². The van der Waals surface area contributed by atoms with Crippen molar-refractivity contribution in [2.45, 2.75) is 20.4 Å². The monoisotopic (exact) mass is 339 g/mol. The fourth-order valence-corrected chi connectivity index (χ4v) is 2.78. The average molecular weight is 339 g/mol. The van der Waals surface area contributed by atoms with Gasteiger partial charge in [-0.2, -0.15) is 5.10 Å². The zero-order chi connectivity index (χ0) is 18.0. The maximum atomic E-state index is 12.6. The van der Waals surface area contributed by atoms with Crippen LogP contribution in [0.15, 0.2) is 41.5 Å². The van der Waals surface area contributed by atoms with Crippen LogP contribution in [0.2, 0.25) is 0 Å². The summed E-state index contributed by atoms with van der Waals surface area (Å²) in [4.78, 5) is 12.6. The number of aromatic nitrogens is 2. The van der Waals surface area contributed by atoms with Gasteiger partial charge in [-0.15, -0.1) is 0 Å². The Morgan fingerprint density at radius 1 is 1.44 bits per heavy atom. The fraction of sp³-hybridized carbons (Fsp3) is 0.263. The van der Waals surface area contributed by atoms with E-state index in [1.807, 2.05) is 31.6 Å². The van der Waals surface area contributed by atoms with Crippen molar-refractivity contribution >= 4 is 16.9 Å². The number of carbonyl (C=O) groups is 1. The highest BCUT2D eigenvalue weighted by molar-refractivity contribution is 5.99. The van der Waals surface area contributed by atoms with Crippen molar-refractivity contribution in [1.29, 1.82) is 0 Å². The highest BCUT2D eigenvalue weighted by Crippen LogP contribution is 2.29. The molecule has 0 aliphatic rings. The zero-order valence-corrected chi connectivity index (χ0v) is 14.6. The lowest BCUT2D eigenvalue weighted by Crippen LogP contribution is -2.23. The summed E-state index contributed by atoms with van der Waals surface area (Å²) in [6, 6.07) is 5.26. The smallest absolute Gasteiger partial charge is 0.251 e. The van der Waals surface area contributed by atoms with Crippen LogP contribution in [-0.2, 0) is 13.6 Å². The fourth-order valence-electron chi connectivity index (χ4n) is 2.78. The minimum absolute atomic E-state index is 0.190. The van der Waals surface area contributed by atoms with Crippen LogP contribution in [0.5, 0.6) is 5.75 Å². The van der Waals surface area contributed by atoms with Gasteiger partial charge in [-0.1, -0.05) is 12.7 Å². The van der Waals surface area contributed by atoms with Gasteiger partial charge < -0.3 is 14.5 Å². The second-order valence-corrected chi connectivity index (χ2v) is 5.86. The molecule has 2 aromatic heterocycles. The number of benzene rings is 1. The number of hydrogen-bond acceptors (Lipinski definition) is 4. The molecule has 2 heterocycles. The Morgan fingerprint density at radius 2 is 2.24 bits per heavy atom. The van der Waals surface area contributed by atoms with E-state index in [1.54, 1.807) is 24.5 Å². The predicted molar refractivity (Wildman–Crippen MR) is 95.8 cm³/mol. The topological polar surface area (TPSA) is 69.3 Å². The van der Waals surface area contributed by atoms with Crippen molar-refractivity contribution in [3.05, 3.63) is 59.6 Å². The predicted octanol–water partition coefficient (Wildman–Crippen LogP) is 3.28. The van der Waals surface area contributed by atoms with E-state index < -0.39 is 0 Å². The molecular formula is C19H21N3O3. The lowest BCUT2D eigenvalue weighted by atomic mass is 10.1. The molecule has 0 unspecified atom stereocenters. The van der Waals surface area contributed by atoms with E-state index in [9.17, 15) is 4.79 Å². The first-order chi connectivity index (χ1) is 12.0. The van der Waals surface area contributed by atoms with Crippen LogP contribution in [0.3, 0.4) is 0 Å². The van der Waals surface area contributed by atoms with Crippen LogP contribution in [0.1, 0.15) is 27.3 Å².